The highest BCUT2D eigenvalue weighted by atomic mass is 14.6. The van der Waals surface area contributed by atoms with E-state index in [1.165, 1.54) is 12.8 Å². The van der Waals surface area contributed by atoms with Crippen LogP contribution >= 0.6 is 0 Å². The van der Waals surface area contributed by atoms with Crippen molar-refractivity contribution in [1.29, 1.82) is 10.5 Å². The number of allylic oxidation sites excluding steroid dienone is 2. The number of nitriles is 2. The van der Waals surface area contributed by atoms with Gasteiger partial charge in [-0.3, -0.25) is 0 Å². The van der Waals surface area contributed by atoms with Gasteiger partial charge in [0.25, 0.3) is 0 Å². The fourth-order valence-corrected chi connectivity index (χ4v) is 5.08. The van der Waals surface area contributed by atoms with Gasteiger partial charge in [-0.05, 0) is 36.0 Å². The molecule has 94 valence electrons. The highest BCUT2D eigenvalue weighted by Crippen LogP contribution is 2.65. The lowest BCUT2D eigenvalue weighted by Crippen LogP contribution is -2.55. The Morgan fingerprint density at radius 2 is 1.78 bits per heavy atom. The molecule has 4 bridgehead atoms. The van der Waals surface area contributed by atoms with Crippen LogP contribution in [0.25, 0.3) is 0 Å². The summed E-state index contributed by atoms with van der Waals surface area (Å²) < 4.78 is 0. The predicted molar refractivity (Wildman–Crippen MR) is 69.0 cm³/mol. The largest absolute Gasteiger partial charge is 0.193 e. The Morgan fingerprint density at radius 1 is 1.11 bits per heavy atom. The van der Waals surface area contributed by atoms with Crippen LogP contribution in [0.1, 0.15) is 40.0 Å². The zero-order valence-electron chi connectivity index (χ0n) is 11.4. The molecule has 0 aromatic rings. The van der Waals surface area contributed by atoms with Gasteiger partial charge in [0, 0.05) is 23.0 Å². The van der Waals surface area contributed by atoms with E-state index in [4.69, 9.17) is 0 Å². The molecule has 0 aromatic carbocycles. The molecule has 2 saturated carbocycles. The van der Waals surface area contributed by atoms with E-state index in [0.29, 0.717) is 29.6 Å². The molecule has 5 atom stereocenters. The molecule has 0 heterocycles. The van der Waals surface area contributed by atoms with Gasteiger partial charge in [0.15, 0.2) is 0 Å². The van der Waals surface area contributed by atoms with E-state index in [-0.39, 0.29) is 5.41 Å². The molecule has 0 saturated heterocycles. The highest BCUT2D eigenvalue weighted by molar-refractivity contribution is 5.47. The maximum absolute atomic E-state index is 9.47. The van der Waals surface area contributed by atoms with Gasteiger partial charge in [-0.15, -0.1) is 0 Å². The summed E-state index contributed by atoms with van der Waals surface area (Å²) in [5, 5.41) is 18.9. The van der Waals surface area contributed by atoms with Gasteiger partial charge >= 0.3 is 0 Å². The minimum atomic E-state index is 0.201. The number of nitrogens with zero attached hydrogens (tertiary/aromatic N) is 2. The Labute approximate surface area is 109 Å². The van der Waals surface area contributed by atoms with Crippen molar-refractivity contribution in [2.24, 2.45) is 35.0 Å². The second-order valence-corrected chi connectivity index (χ2v) is 7.01. The van der Waals surface area contributed by atoms with Crippen LogP contribution in [0.3, 0.4) is 0 Å². The smallest absolute Gasteiger partial charge is 0.0960 e. The molecule has 2 nitrogen and oxygen atoms in total. The fourth-order valence-electron chi connectivity index (χ4n) is 5.08. The van der Waals surface area contributed by atoms with Crippen LogP contribution in [0.15, 0.2) is 11.1 Å². The average Bonchev–Trinajstić information content (AvgIpc) is 2.35. The first-order valence-corrected chi connectivity index (χ1v) is 7.06. The van der Waals surface area contributed by atoms with Crippen LogP contribution in [0.4, 0.5) is 0 Å². The van der Waals surface area contributed by atoms with Gasteiger partial charge in [-0.25, -0.2) is 0 Å². The molecular formula is C16H20N2. The molecule has 4 aliphatic carbocycles. The summed E-state index contributed by atoms with van der Waals surface area (Å²) in [4.78, 5) is 0. The molecule has 0 N–H and O–H groups in total. The standard InChI is InChI=1S/C16H20N2/c1-9-4-5-13-15-10(9)6-14(16(13,2)3)11(7-17)12(15)8-18/h9-10,13-15H,4-6H2,1-3H3/t9-,10?,13?,14?,15?/m1/s1. The molecule has 4 rings (SSSR count). The minimum Gasteiger partial charge on any atom is -0.193 e. The maximum atomic E-state index is 9.47. The van der Waals surface area contributed by atoms with E-state index in [1.54, 1.807) is 0 Å². The van der Waals surface area contributed by atoms with Crippen molar-refractivity contribution >= 4 is 0 Å². The Bertz CT molecular complexity index is 500. The Morgan fingerprint density at radius 3 is 2.39 bits per heavy atom. The SMILES string of the molecule is C[C@@H]1CCC2C3C(C#N)=C(C#N)C(CC31)C2(C)C. The zero-order valence-corrected chi connectivity index (χ0v) is 11.4. The van der Waals surface area contributed by atoms with Gasteiger partial charge in [-0.2, -0.15) is 10.5 Å². The van der Waals surface area contributed by atoms with E-state index < -0.39 is 0 Å². The van der Waals surface area contributed by atoms with Crippen LogP contribution in [-0.2, 0) is 0 Å². The van der Waals surface area contributed by atoms with E-state index >= 15 is 0 Å². The van der Waals surface area contributed by atoms with Crippen molar-refractivity contribution < 1.29 is 0 Å². The van der Waals surface area contributed by atoms with Crippen LogP contribution in [0, 0.1) is 57.7 Å². The van der Waals surface area contributed by atoms with Crippen molar-refractivity contribution in [3.05, 3.63) is 11.1 Å². The first-order chi connectivity index (χ1) is 8.52. The summed E-state index contributed by atoms with van der Waals surface area (Å²) in [5.41, 5.74) is 1.86. The van der Waals surface area contributed by atoms with Crippen molar-refractivity contribution in [2.75, 3.05) is 0 Å². The number of rotatable bonds is 0. The van der Waals surface area contributed by atoms with E-state index in [1.807, 2.05) is 0 Å². The summed E-state index contributed by atoms with van der Waals surface area (Å²) in [7, 11) is 0. The van der Waals surface area contributed by atoms with Crippen LogP contribution in [-0.4, -0.2) is 0 Å². The molecule has 0 spiro atoms. The summed E-state index contributed by atoms with van der Waals surface area (Å²) in [6.45, 7) is 6.95. The first kappa shape index (κ1) is 11.8. The van der Waals surface area contributed by atoms with Gasteiger partial charge < -0.3 is 0 Å². The molecule has 0 radical (unpaired) electrons. The Kier molecular flexibility index (Phi) is 2.36. The summed E-state index contributed by atoms with van der Waals surface area (Å²) in [6, 6.07) is 4.73. The number of hydrogen-bond acceptors (Lipinski definition) is 2. The minimum absolute atomic E-state index is 0.201. The quantitative estimate of drug-likeness (QED) is 0.648. The van der Waals surface area contributed by atoms with Gasteiger partial charge in [0.05, 0.1) is 12.1 Å². The van der Waals surface area contributed by atoms with Crippen molar-refractivity contribution in [3.63, 3.8) is 0 Å². The molecule has 18 heavy (non-hydrogen) atoms. The summed E-state index contributed by atoms with van der Waals surface area (Å²) in [5.74, 6) is 2.67. The first-order valence-electron chi connectivity index (χ1n) is 7.06. The van der Waals surface area contributed by atoms with Crippen molar-refractivity contribution in [1.82, 2.24) is 0 Å². The second-order valence-electron chi connectivity index (χ2n) is 7.01. The molecule has 2 heteroatoms. The Hall–Kier alpha value is -1.28. The third kappa shape index (κ3) is 1.22. The Balaban J connectivity index is 2.19. The van der Waals surface area contributed by atoms with Gasteiger partial charge in [-0.1, -0.05) is 27.2 Å². The third-order valence-electron chi connectivity index (χ3n) is 6.13. The van der Waals surface area contributed by atoms with Crippen molar-refractivity contribution in [2.45, 2.75) is 40.0 Å². The molecule has 4 aliphatic rings. The lowest BCUT2D eigenvalue weighted by Gasteiger charge is -2.60. The normalized spacial score (nSPS) is 44.4. The zero-order chi connectivity index (χ0) is 13.1. The number of hydrogen-bond donors (Lipinski definition) is 0. The molecule has 0 aromatic heterocycles. The molecular weight excluding hydrogens is 220 g/mol. The lowest BCUT2D eigenvalue weighted by molar-refractivity contribution is -0.0647. The molecule has 2 fully saturated rings. The summed E-state index contributed by atoms with van der Waals surface area (Å²) >= 11 is 0. The van der Waals surface area contributed by atoms with Gasteiger partial charge in [0.2, 0.25) is 0 Å². The van der Waals surface area contributed by atoms with E-state index in [0.717, 1.165) is 17.6 Å². The average molecular weight is 240 g/mol. The van der Waals surface area contributed by atoms with Crippen LogP contribution < -0.4 is 0 Å². The van der Waals surface area contributed by atoms with Gasteiger partial charge in [0.1, 0.15) is 0 Å². The maximum Gasteiger partial charge on any atom is 0.0960 e. The molecule has 0 amide bonds. The topological polar surface area (TPSA) is 47.6 Å². The molecule has 4 unspecified atom stereocenters. The van der Waals surface area contributed by atoms with Crippen LogP contribution in [0.5, 0.6) is 0 Å². The summed E-state index contributed by atoms with van der Waals surface area (Å²) in [6.07, 6.45) is 3.65. The lowest BCUT2D eigenvalue weighted by atomic mass is 9.42. The fraction of sp³-hybridized carbons (Fsp3) is 0.750. The van der Waals surface area contributed by atoms with Crippen molar-refractivity contribution in [3.8, 4) is 12.1 Å². The highest BCUT2D eigenvalue weighted by Gasteiger charge is 2.59. The van der Waals surface area contributed by atoms with E-state index in [2.05, 4.69) is 32.9 Å². The predicted octanol–water partition coefficient (Wildman–Crippen LogP) is 3.67. The second kappa shape index (κ2) is 3.61. The molecule has 0 aliphatic heterocycles. The monoisotopic (exact) mass is 240 g/mol. The van der Waals surface area contributed by atoms with E-state index in [9.17, 15) is 10.5 Å². The van der Waals surface area contributed by atoms with Crippen LogP contribution in [0.2, 0.25) is 0 Å². The third-order valence-corrected chi connectivity index (χ3v) is 6.13.